The number of allylic oxidation sites excluding steroid dienone is 1. The number of aryl methyl sites for hydroxylation is 1. The highest BCUT2D eigenvalue weighted by Gasteiger charge is 2.31. The number of sulfonamides is 1. The summed E-state index contributed by atoms with van der Waals surface area (Å²) in [5, 5.41) is 0. The summed E-state index contributed by atoms with van der Waals surface area (Å²) in [4.78, 5) is 0.378. The molecule has 0 unspecified atom stereocenters. The van der Waals surface area contributed by atoms with Gasteiger partial charge in [0.2, 0.25) is 10.0 Å². The molecule has 0 heterocycles. The number of alkyl halides is 1. The van der Waals surface area contributed by atoms with Crippen LogP contribution in [0.25, 0.3) is 0 Å². The normalized spacial score (nSPS) is 17.4. The second-order valence-electron chi connectivity index (χ2n) is 5.81. The van der Waals surface area contributed by atoms with Gasteiger partial charge in [-0.3, -0.25) is 0 Å². The lowest BCUT2D eigenvalue weighted by Gasteiger charge is -2.32. The first-order valence-corrected chi connectivity index (χ1v) is 9.82. The summed E-state index contributed by atoms with van der Waals surface area (Å²) in [6.07, 6.45) is 8.95. The van der Waals surface area contributed by atoms with Crippen molar-refractivity contribution in [3.05, 3.63) is 42.0 Å². The van der Waals surface area contributed by atoms with Crippen LogP contribution in [0.1, 0.15) is 37.7 Å². The summed E-state index contributed by atoms with van der Waals surface area (Å²) in [6, 6.07) is 7.19. The Morgan fingerprint density at radius 2 is 1.77 bits per heavy atom. The average molecular weight is 342 g/mol. The first kappa shape index (κ1) is 17.5. The molecule has 0 spiro atoms. The first-order chi connectivity index (χ1) is 10.6. The van der Waals surface area contributed by atoms with Crippen molar-refractivity contribution in [2.75, 3.05) is 12.4 Å². The van der Waals surface area contributed by atoms with Crippen LogP contribution in [0.5, 0.6) is 0 Å². The van der Waals surface area contributed by atoms with Gasteiger partial charge in [0.05, 0.1) is 4.90 Å². The molecule has 1 saturated carbocycles. The molecule has 1 aliphatic rings. The Hall–Kier alpha value is -0.840. The van der Waals surface area contributed by atoms with Gasteiger partial charge in [0.1, 0.15) is 0 Å². The summed E-state index contributed by atoms with van der Waals surface area (Å²) >= 11 is 5.66. The van der Waals surface area contributed by atoms with Crippen LogP contribution in [-0.2, 0) is 10.0 Å². The van der Waals surface area contributed by atoms with Gasteiger partial charge in [0, 0.05) is 18.5 Å². The van der Waals surface area contributed by atoms with Crippen LogP contribution in [0, 0.1) is 6.92 Å². The molecule has 0 aliphatic heterocycles. The summed E-state index contributed by atoms with van der Waals surface area (Å²) in [5.41, 5.74) is 1.06. The Kier molecular flexibility index (Phi) is 6.48. The maximum atomic E-state index is 13.0. The van der Waals surface area contributed by atoms with Gasteiger partial charge in [-0.2, -0.15) is 4.31 Å². The molecule has 22 heavy (non-hydrogen) atoms. The number of nitrogens with zero attached hydrogens (tertiary/aromatic N) is 1. The van der Waals surface area contributed by atoms with Crippen molar-refractivity contribution in [3.63, 3.8) is 0 Å². The topological polar surface area (TPSA) is 37.4 Å². The van der Waals surface area contributed by atoms with Crippen LogP contribution in [0.2, 0.25) is 0 Å². The molecule has 0 N–H and O–H groups in total. The second-order valence-corrected chi connectivity index (χ2v) is 8.00. The van der Waals surface area contributed by atoms with Crippen molar-refractivity contribution in [1.82, 2.24) is 4.31 Å². The van der Waals surface area contributed by atoms with E-state index in [1.165, 1.54) is 6.42 Å². The minimum Gasteiger partial charge on any atom is -0.207 e. The second kappa shape index (κ2) is 8.14. The van der Waals surface area contributed by atoms with E-state index in [9.17, 15) is 8.42 Å². The zero-order chi connectivity index (χ0) is 16.0. The van der Waals surface area contributed by atoms with E-state index in [0.29, 0.717) is 17.3 Å². The highest BCUT2D eigenvalue weighted by Crippen LogP contribution is 2.27. The van der Waals surface area contributed by atoms with Crippen LogP contribution in [0.3, 0.4) is 0 Å². The number of halogens is 1. The van der Waals surface area contributed by atoms with Gasteiger partial charge in [-0.25, -0.2) is 8.42 Å². The third-order valence-corrected chi connectivity index (χ3v) is 6.26. The third-order valence-electron chi connectivity index (χ3n) is 4.15. The van der Waals surface area contributed by atoms with E-state index in [4.69, 9.17) is 11.6 Å². The highest BCUT2D eigenvalue weighted by atomic mass is 35.5. The van der Waals surface area contributed by atoms with Crippen molar-refractivity contribution >= 4 is 21.6 Å². The van der Waals surface area contributed by atoms with Crippen molar-refractivity contribution in [1.29, 1.82) is 0 Å². The molecule has 3 nitrogen and oxygen atoms in total. The fourth-order valence-electron chi connectivity index (χ4n) is 2.90. The molecule has 0 amide bonds. The number of benzene rings is 1. The van der Waals surface area contributed by atoms with Gasteiger partial charge in [0.15, 0.2) is 0 Å². The van der Waals surface area contributed by atoms with Crippen molar-refractivity contribution < 1.29 is 8.42 Å². The van der Waals surface area contributed by atoms with Crippen LogP contribution in [0.4, 0.5) is 0 Å². The minimum absolute atomic E-state index is 0.0972. The predicted octanol–water partition coefficient (Wildman–Crippen LogP) is 4.11. The van der Waals surface area contributed by atoms with E-state index in [1.807, 2.05) is 31.2 Å². The zero-order valence-electron chi connectivity index (χ0n) is 13.0. The number of hydrogen-bond acceptors (Lipinski definition) is 2. The smallest absolute Gasteiger partial charge is 0.207 e. The van der Waals surface area contributed by atoms with Gasteiger partial charge < -0.3 is 0 Å². The molecule has 5 heteroatoms. The maximum absolute atomic E-state index is 13.0. The summed E-state index contributed by atoms with van der Waals surface area (Å²) in [7, 11) is -3.46. The summed E-state index contributed by atoms with van der Waals surface area (Å²) < 4.78 is 27.6. The predicted molar refractivity (Wildman–Crippen MR) is 91.8 cm³/mol. The summed E-state index contributed by atoms with van der Waals surface area (Å²) in [6.45, 7) is 2.35. The van der Waals surface area contributed by atoms with Gasteiger partial charge >= 0.3 is 0 Å². The molecule has 2 rings (SSSR count). The fraction of sp³-hybridized carbons (Fsp3) is 0.529. The lowest BCUT2D eigenvalue weighted by molar-refractivity contribution is 0.269. The molecule has 0 bridgehead atoms. The molecule has 0 aromatic heterocycles. The monoisotopic (exact) mass is 341 g/mol. The van der Waals surface area contributed by atoms with E-state index in [0.717, 1.165) is 31.2 Å². The minimum atomic E-state index is -3.46. The highest BCUT2D eigenvalue weighted by molar-refractivity contribution is 7.89. The van der Waals surface area contributed by atoms with Crippen molar-refractivity contribution in [3.8, 4) is 0 Å². The average Bonchev–Trinajstić information content (AvgIpc) is 2.52. The van der Waals surface area contributed by atoms with Crippen LogP contribution in [0.15, 0.2) is 41.3 Å². The van der Waals surface area contributed by atoms with Gasteiger partial charge in [0.25, 0.3) is 0 Å². The molecule has 1 aromatic rings. The molecule has 1 fully saturated rings. The van der Waals surface area contributed by atoms with Crippen molar-refractivity contribution in [2.45, 2.75) is 50.0 Å². The maximum Gasteiger partial charge on any atom is 0.243 e. The molecular weight excluding hydrogens is 318 g/mol. The van der Waals surface area contributed by atoms with Crippen LogP contribution >= 0.6 is 11.6 Å². The van der Waals surface area contributed by atoms with Gasteiger partial charge in [-0.15, -0.1) is 11.6 Å². The lowest BCUT2D eigenvalue weighted by Crippen LogP contribution is -2.41. The molecular formula is C17H24ClNO2S. The van der Waals surface area contributed by atoms with Crippen LogP contribution < -0.4 is 0 Å². The Bertz CT molecular complexity index is 590. The standard InChI is InChI=1S/C17H24ClNO2S/c1-15-9-11-17(12-10-15)22(20,21)19(14-6-5-13-18)16-7-3-2-4-8-16/h5-6,9-12,16H,2-4,7-8,13-14H2,1H3/b6-5+. The summed E-state index contributed by atoms with van der Waals surface area (Å²) in [5.74, 6) is 0.406. The SMILES string of the molecule is Cc1ccc(S(=O)(=O)N(C/C=C/CCl)C2CCCCC2)cc1. The molecule has 0 atom stereocenters. The Morgan fingerprint density at radius 3 is 2.36 bits per heavy atom. The number of hydrogen-bond donors (Lipinski definition) is 0. The lowest BCUT2D eigenvalue weighted by atomic mass is 9.95. The molecule has 0 radical (unpaired) electrons. The number of rotatable bonds is 6. The zero-order valence-corrected chi connectivity index (χ0v) is 14.6. The molecule has 1 aromatic carbocycles. The fourth-order valence-corrected chi connectivity index (χ4v) is 4.66. The Morgan fingerprint density at radius 1 is 1.14 bits per heavy atom. The van der Waals surface area contributed by atoms with Gasteiger partial charge in [-0.05, 0) is 31.9 Å². The van der Waals surface area contributed by atoms with Gasteiger partial charge in [-0.1, -0.05) is 49.1 Å². The quantitative estimate of drug-likeness (QED) is 0.576. The largest absolute Gasteiger partial charge is 0.243 e. The molecule has 122 valence electrons. The van der Waals surface area contributed by atoms with E-state index >= 15 is 0 Å². The van der Waals surface area contributed by atoms with Crippen molar-refractivity contribution in [2.24, 2.45) is 0 Å². The van der Waals surface area contributed by atoms with E-state index in [1.54, 1.807) is 16.4 Å². The molecule has 0 saturated heterocycles. The molecule has 1 aliphatic carbocycles. The van der Waals surface area contributed by atoms with E-state index in [-0.39, 0.29) is 6.04 Å². The Balaban J connectivity index is 2.28. The third kappa shape index (κ3) is 4.34. The van der Waals surface area contributed by atoms with Crippen LogP contribution in [-0.4, -0.2) is 31.2 Å². The van der Waals surface area contributed by atoms with E-state index < -0.39 is 10.0 Å². The van der Waals surface area contributed by atoms with E-state index in [2.05, 4.69) is 0 Å². The first-order valence-electron chi connectivity index (χ1n) is 7.85. The Labute approximate surface area is 139 Å².